The number of ether oxygens (including phenoxy) is 1. The van der Waals surface area contributed by atoms with Gasteiger partial charge in [-0.25, -0.2) is 9.97 Å². The van der Waals surface area contributed by atoms with Gasteiger partial charge in [-0.05, 0) is 60.9 Å². The maximum Gasteiger partial charge on any atom is 0.278 e. The maximum atomic E-state index is 11.7. The number of carbonyl (C=O) groups is 1. The highest BCUT2D eigenvalue weighted by molar-refractivity contribution is 7.11. The number of pyridine rings is 1. The molecule has 4 aromatic rings. The zero-order valence-corrected chi connectivity index (χ0v) is 20.1. The topological polar surface area (TPSA) is 140 Å². The molecule has 0 bridgehead atoms. The molecule has 176 valence electrons. The van der Waals surface area contributed by atoms with Crippen molar-refractivity contribution in [2.75, 3.05) is 11.1 Å². The molecule has 0 radical (unpaired) electrons. The predicted molar refractivity (Wildman–Crippen MR) is 141 cm³/mol. The fourth-order valence-corrected chi connectivity index (χ4v) is 4.35. The second-order valence-electron chi connectivity index (χ2n) is 7.83. The third-order valence-corrected chi connectivity index (χ3v) is 6.13. The van der Waals surface area contributed by atoms with Gasteiger partial charge in [0.2, 0.25) is 5.91 Å². The summed E-state index contributed by atoms with van der Waals surface area (Å²) in [5.41, 5.74) is 18.0. The number of aromatic nitrogens is 2. The minimum atomic E-state index is -0.341. The van der Waals surface area contributed by atoms with Crippen molar-refractivity contribution >= 4 is 34.6 Å². The number of nitrogens with zero attached hydrogens (tertiary/aromatic N) is 2. The summed E-state index contributed by atoms with van der Waals surface area (Å²) < 4.78 is 5.84. The average Bonchev–Trinajstić information content (AvgIpc) is 3.24. The highest BCUT2D eigenvalue weighted by atomic mass is 32.1. The fraction of sp³-hybridized carbons (Fsp3) is 0.0769. The zero-order chi connectivity index (χ0) is 25.1. The molecule has 0 saturated carbocycles. The first kappa shape index (κ1) is 23.7. The Balaban J connectivity index is 1.79. The van der Waals surface area contributed by atoms with Crippen LogP contribution >= 0.6 is 11.3 Å². The number of amidine groups is 1. The van der Waals surface area contributed by atoms with Gasteiger partial charge in [-0.3, -0.25) is 10.2 Å². The summed E-state index contributed by atoms with van der Waals surface area (Å²) in [4.78, 5) is 20.4. The van der Waals surface area contributed by atoms with E-state index >= 15 is 0 Å². The van der Waals surface area contributed by atoms with Gasteiger partial charge in [0.05, 0.1) is 5.69 Å². The molecule has 35 heavy (non-hydrogen) atoms. The van der Waals surface area contributed by atoms with Crippen LogP contribution in [0, 0.1) is 19.3 Å². The van der Waals surface area contributed by atoms with E-state index in [-0.39, 0.29) is 11.7 Å². The summed E-state index contributed by atoms with van der Waals surface area (Å²) >= 11 is 1.43. The Bertz CT molecular complexity index is 1440. The normalized spacial score (nSPS) is 10.6. The van der Waals surface area contributed by atoms with Gasteiger partial charge in [-0.1, -0.05) is 36.1 Å². The van der Waals surface area contributed by atoms with Crippen molar-refractivity contribution in [3.63, 3.8) is 0 Å². The lowest BCUT2D eigenvalue weighted by Gasteiger charge is -2.19. The van der Waals surface area contributed by atoms with E-state index in [0.29, 0.717) is 33.6 Å². The molecule has 0 aliphatic rings. The number of nitrogens with one attached hydrogen (secondary N) is 2. The number of nitrogen functional groups attached to an aromatic ring is 2. The van der Waals surface area contributed by atoms with Crippen LogP contribution in [-0.4, -0.2) is 21.7 Å². The van der Waals surface area contributed by atoms with Crippen LogP contribution in [0.1, 0.15) is 16.8 Å². The molecule has 0 atom stereocenters. The van der Waals surface area contributed by atoms with Crippen molar-refractivity contribution in [2.45, 2.75) is 13.8 Å². The van der Waals surface area contributed by atoms with Gasteiger partial charge in [0.1, 0.15) is 17.4 Å². The van der Waals surface area contributed by atoms with E-state index in [0.717, 1.165) is 27.9 Å². The number of amides is 1. The molecule has 0 spiro atoms. The smallest absolute Gasteiger partial charge is 0.278 e. The Morgan fingerprint density at radius 3 is 2.51 bits per heavy atom. The van der Waals surface area contributed by atoms with Crippen LogP contribution in [0.25, 0.3) is 22.3 Å². The van der Waals surface area contributed by atoms with E-state index in [9.17, 15) is 4.79 Å². The molecule has 0 saturated heterocycles. The molecule has 2 aromatic heterocycles. The monoisotopic (exact) mass is 484 g/mol. The highest BCUT2D eigenvalue weighted by Crippen LogP contribution is 2.40. The van der Waals surface area contributed by atoms with Crippen molar-refractivity contribution in [3.05, 3.63) is 83.5 Å². The van der Waals surface area contributed by atoms with Gasteiger partial charge in [0, 0.05) is 34.0 Å². The van der Waals surface area contributed by atoms with Crippen LogP contribution in [0.2, 0.25) is 0 Å². The Hall–Kier alpha value is -4.50. The summed E-state index contributed by atoms with van der Waals surface area (Å²) in [7, 11) is 0. The average molecular weight is 485 g/mol. The Kier molecular flexibility index (Phi) is 6.61. The molecule has 2 aromatic carbocycles. The van der Waals surface area contributed by atoms with E-state index in [1.807, 2.05) is 49.6 Å². The quantitative estimate of drug-likeness (QED) is 0.122. The summed E-state index contributed by atoms with van der Waals surface area (Å²) in [6.07, 6.45) is 2.86. The SMILES string of the molecule is C=CC(=O)Nc1cc(C)c(-c2ccc(N)c(C(=N)N)c2-c2ccc(Oc3nc(C)cs3)cc2)cn1. The molecule has 0 unspecified atom stereocenters. The van der Waals surface area contributed by atoms with Crippen molar-refractivity contribution < 1.29 is 9.53 Å². The maximum absolute atomic E-state index is 11.7. The molecule has 9 heteroatoms. The molecule has 0 fully saturated rings. The number of rotatable bonds is 7. The number of carbonyl (C=O) groups excluding carboxylic acids is 1. The van der Waals surface area contributed by atoms with Crippen LogP contribution < -0.4 is 21.5 Å². The highest BCUT2D eigenvalue weighted by Gasteiger charge is 2.19. The van der Waals surface area contributed by atoms with Crippen LogP contribution in [0.3, 0.4) is 0 Å². The van der Waals surface area contributed by atoms with Crippen molar-refractivity contribution in [1.82, 2.24) is 9.97 Å². The van der Waals surface area contributed by atoms with E-state index in [1.54, 1.807) is 18.3 Å². The van der Waals surface area contributed by atoms with Crippen LogP contribution in [0.15, 0.2) is 66.7 Å². The summed E-state index contributed by atoms with van der Waals surface area (Å²) in [5.74, 6) is 0.572. The lowest BCUT2D eigenvalue weighted by Crippen LogP contribution is -2.16. The largest absolute Gasteiger partial charge is 0.431 e. The summed E-state index contributed by atoms with van der Waals surface area (Å²) in [5, 5.41) is 13.3. The van der Waals surface area contributed by atoms with Crippen LogP contribution in [0.4, 0.5) is 11.5 Å². The van der Waals surface area contributed by atoms with E-state index in [4.69, 9.17) is 21.6 Å². The first-order chi connectivity index (χ1) is 16.8. The molecule has 0 aliphatic heterocycles. The van der Waals surface area contributed by atoms with Crippen molar-refractivity contribution in [1.29, 1.82) is 5.41 Å². The first-order valence-electron chi connectivity index (χ1n) is 10.6. The number of thiazole rings is 1. The molecular weight excluding hydrogens is 460 g/mol. The van der Waals surface area contributed by atoms with Gasteiger partial charge in [-0.15, -0.1) is 0 Å². The number of nitrogens with two attached hydrogens (primary N) is 2. The van der Waals surface area contributed by atoms with Crippen LogP contribution in [0.5, 0.6) is 10.9 Å². The predicted octanol–water partition coefficient (Wildman–Crippen LogP) is 5.27. The lowest BCUT2D eigenvalue weighted by atomic mass is 9.88. The van der Waals surface area contributed by atoms with Crippen molar-refractivity contribution in [3.8, 4) is 33.2 Å². The Morgan fingerprint density at radius 2 is 1.91 bits per heavy atom. The van der Waals surface area contributed by atoms with Crippen molar-refractivity contribution in [2.24, 2.45) is 5.73 Å². The number of aryl methyl sites for hydroxylation is 2. The van der Waals surface area contributed by atoms with Gasteiger partial charge in [0.25, 0.3) is 5.19 Å². The minimum absolute atomic E-state index is 0.140. The van der Waals surface area contributed by atoms with Gasteiger partial charge >= 0.3 is 0 Å². The molecule has 8 nitrogen and oxygen atoms in total. The third-order valence-electron chi connectivity index (χ3n) is 5.29. The Morgan fingerprint density at radius 1 is 1.17 bits per heavy atom. The second-order valence-corrected chi connectivity index (χ2v) is 8.65. The van der Waals surface area contributed by atoms with E-state index in [2.05, 4.69) is 21.9 Å². The van der Waals surface area contributed by atoms with Crippen LogP contribution in [-0.2, 0) is 4.79 Å². The van der Waals surface area contributed by atoms with Gasteiger partial charge < -0.3 is 21.5 Å². The fourth-order valence-electron chi connectivity index (χ4n) is 3.69. The number of benzene rings is 2. The molecule has 2 heterocycles. The lowest BCUT2D eigenvalue weighted by molar-refractivity contribution is -0.111. The summed E-state index contributed by atoms with van der Waals surface area (Å²) in [6.45, 7) is 7.29. The van der Waals surface area contributed by atoms with E-state index < -0.39 is 0 Å². The first-order valence-corrected chi connectivity index (χ1v) is 11.5. The summed E-state index contributed by atoms with van der Waals surface area (Å²) in [6, 6.07) is 12.8. The zero-order valence-electron chi connectivity index (χ0n) is 19.3. The molecule has 4 rings (SSSR count). The Labute approximate surface area is 206 Å². The number of hydrogen-bond acceptors (Lipinski definition) is 7. The minimum Gasteiger partial charge on any atom is -0.431 e. The third kappa shape index (κ3) is 5.04. The standard InChI is InChI=1S/C26H24N6O2S/c1-4-22(33)32-21-11-14(2)19(12-30-21)18-9-10-20(27)24(25(28)29)23(18)16-5-7-17(8-6-16)34-26-31-15(3)13-35-26/h4-13H,1,27H2,2-3H3,(H3,28,29)(H,30,32,33). The second kappa shape index (κ2) is 9.78. The molecule has 1 amide bonds. The molecule has 6 N–H and O–H groups in total. The van der Waals surface area contributed by atoms with E-state index in [1.165, 1.54) is 17.4 Å². The molecular formula is C26H24N6O2S. The molecule has 0 aliphatic carbocycles. The number of hydrogen-bond donors (Lipinski definition) is 4. The van der Waals surface area contributed by atoms with Gasteiger partial charge in [0.15, 0.2) is 0 Å². The number of anilines is 2. The van der Waals surface area contributed by atoms with Gasteiger partial charge in [-0.2, -0.15) is 0 Å².